The Morgan fingerprint density at radius 3 is 2.53 bits per heavy atom. The van der Waals surface area contributed by atoms with Gasteiger partial charge in [0.1, 0.15) is 5.75 Å². The Balaban J connectivity index is 1.66. The van der Waals surface area contributed by atoms with Gasteiger partial charge in [-0.1, -0.05) is 35.0 Å². The molecule has 1 heterocycles. The highest BCUT2D eigenvalue weighted by atomic mass is 35.5. The Labute approximate surface area is 208 Å². The predicted octanol–water partition coefficient (Wildman–Crippen LogP) is 6.80. The van der Waals surface area contributed by atoms with Crippen molar-refractivity contribution < 1.29 is 22.7 Å². The molecule has 0 bridgehead atoms. The Hall–Kier alpha value is -2.43. The smallest absolute Gasteiger partial charge is 0.416 e. The lowest BCUT2D eigenvalue weighted by Crippen LogP contribution is -2.16. The zero-order valence-corrected chi connectivity index (χ0v) is 20.7. The number of hydrogen-bond donors (Lipinski definition) is 1. The number of benzene rings is 2. The van der Waals surface area contributed by atoms with Crippen molar-refractivity contribution in [2.24, 2.45) is 0 Å². The molecule has 0 radical (unpaired) electrons. The summed E-state index contributed by atoms with van der Waals surface area (Å²) in [6.45, 7) is 6.13. The van der Waals surface area contributed by atoms with Crippen LogP contribution in [0, 0.1) is 6.92 Å². The minimum absolute atomic E-state index is 0.00812. The van der Waals surface area contributed by atoms with Crippen LogP contribution in [0.3, 0.4) is 0 Å². The Morgan fingerprint density at radius 2 is 1.88 bits per heavy atom. The van der Waals surface area contributed by atoms with Gasteiger partial charge in [-0.15, -0.1) is 10.2 Å². The first-order valence-electron chi connectivity index (χ1n) is 10.1. The molecule has 2 aromatic carbocycles. The number of nitrogens with zero attached hydrogens (tertiary/aromatic N) is 3. The number of carbonyl (C=O) groups is 1. The molecule has 0 fully saturated rings. The molecular weight excluding hydrogens is 512 g/mol. The zero-order chi connectivity index (χ0) is 25.0. The fourth-order valence-electron chi connectivity index (χ4n) is 3.07. The van der Waals surface area contributed by atoms with Gasteiger partial charge < -0.3 is 14.6 Å². The van der Waals surface area contributed by atoms with E-state index in [4.69, 9.17) is 27.9 Å². The number of amides is 1. The normalized spacial score (nSPS) is 12.5. The van der Waals surface area contributed by atoms with Gasteiger partial charge >= 0.3 is 6.18 Å². The molecule has 1 unspecified atom stereocenters. The molecule has 3 aromatic rings. The molecule has 1 N–H and O–H groups in total. The van der Waals surface area contributed by atoms with E-state index in [-0.39, 0.29) is 16.5 Å². The molecule has 182 valence electrons. The van der Waals surface area contributed by atoms with Crippen LogP contribution in [0.25, 0.3) is 0 Å². The van der Waals surface area contributed by atoms with Crippen LogP contribution < -0.4 is 10.1 Å². The van der Waals surface area contributed by atoms with Gasteiger partial charge in [-0.3, -0.25) is 4.79 Å². The molecule has 1 aromatic heterocycles. The lowest BCUT2D eigenvalue weighted by atomic mass is 10.2. The first-order valence-corrected chi connectivity index (χ1v) is 11.9. The molecule has 0 aliphatic heterocycles. The minimum Gasteiger partial charge on any atom is -0.483 e. The molecule has 34 heavy (non-hydrogen) atoms. The number of thioether (sulfide) groups is 1. The van der Waals surface area contributed by atoms with Crippen LogP contribution in [0.15, 0.2) is 41.6 Å². The zero-order valence-electron chi connectivity index (χ0n) is 18.4. The lowest BCUT2D eigenvalue weighted by Gasteiger charge is -2.16. The number of hydrogen-bond acceptors (Lipinski definition) is 5. The average molecular weight is 533 g/mol. The summed E-state index contributed by atoms with van der Waals surface area (Å²) in [5, 5.41) is 11.9. The van der Waals surface area contributed by atoms with Gasteiger partial charge in [0.15, 0.2) is 17.1 Å². The van der Waals surface area contributed by atoms with E-state index in [2.05, 4.69) is 15.5 Å². The van der Waals surface area contributed by atoms with Gasteiger partial charge in [0.2, 0.25) is 5.91 Å². The summed E-state index contributed by atoms with van der Waals surface area (Å²) in [6.07, 6.45) is -4.98. The van der Waals surface area contributed by atoms with Gasteiger partial charge in [0, 0.05) is 11.6 Å². The Bertz CT molecular complexity index is 1190. The number of halogens is 5. The second kappa shape index (κ2) is 10.9. The van der Waals surface area contributed by atoms with E-state index in [1.807, 2.05) is 31.4 Å². The summed E-state index contributed by atoms with van der Waals surface area (Å²) in [5.74, 6) is 0.570. The summed E-state index contributed by atoms with van der Waals surface area (Å²) in [5.41, 5.74) is -0.133. The maximum atomic E-state index is 12.9. The Kier molecular flexibility index (Phi) is 8.38. The third-order valence-electron chi connectivity index (χ3n) is 4.77. The second-order valence-corrected chi connectivity index (χ2v) is 9.04. The molecule has 0 aliphatic carbocycles. The third-order valence-corrected chi connectivity index (χ3v) is 6.49. The number of rotatable bonds is 8. The van der Waals surface area contributed by atoms with Crippen LogP contribution in [0.1, 0.15) is 36.9 Å². The highest BCUT2D eigenvalue weighted by molar-refractivity contribution is 7.99. The van der Waals surface area contributed by atoms with E-state index in [0.29, 0.717) is 28.3 Å². The fourth-order valence-corrected chi connectivity index (χ4v) is 4.16. The van der Waals surface area contributed by atoms with E-state index in [1.54, 1.807) is 12.1 Å². The molecule has 6 nitrogen and oxygen atoms in total. The number of nitrogens with one attached hydrogen (secondary N) is 1. The van der Waals surface area contributed by atoms with Crippen LogP contribution in [-0.4, -0.2) is 26.4 Å². The van der Waals surface area contributed by atoms with E-state index in [0.717, 1.165) is 35.5 Å². The number of ether oxygens (including phenoxy) is 1. The maximum absolute atomic E-state index is 12.9. The van der Waals surface area contributed by atoms with Crippen molar-refractivity contribution in [2.75, 3.05) is 11.1 Å². The van der Waals surface area contributed by atoms with Crippen LogP contribution in [0.2, 0.25) is 10.0 Å². The monoisotopic (exact) mass is 532 g/mol. The first-order chi connectivity index (χ1) is 16.0. The van der Waals surface area contributed by atoms with Crippen molar-refractivity contribution in [3.63, 3.8) is 0 Å². The van der Waals surface area contributed by atoms with Crippen LogP contribution >= 0.6 is 35.0 Å². The second-order valence-electron chi connectivity index (χ2n) is 7.29. The van der Waals surface area contributed by atoms with Crippen molar-refractivity contribution in [3.8, 4) is 5.75 Å². The van der Waals surface area contributed by atoms with Crippen LogP contribution in [0.4, 0.5) is 18.9 Å². The molecular formula is C22H21Cl2F3N4O2S. The van der Waals surface area contributed by atoms with Crippen LogP contribution in [-0.2, 0) is 17.5 Å². The largest absolute Gasteiger partial charge is 0.483 e. The summed E-state index contributed by atoms with van der Waals surface area (Å²) >= 11 is 13.1. The van der Waals surface area contributed by atoms with Crippen molar-refractivity contribution in [1.82, 2.24) is 14.8 Å². The SMILES string of the molecule is CCn1c(SCC(=O)Nc2cc(C(F)(F)F)ccc2Cl)nnc1C(C)Oc1ccc(Cl)c(C)c1. The Morgan fingerprint density at radius 1 is 1.18 bits per heavy atom. The number of alkyl halides is 3. The van der Waals surface area contributed by atoms with Gasteiger partial charge in [0.05, 0.1) is 22.0 Å². The van der Waals surface area contributed by atoms with E-state index >= 15 is 0 Å². The van der Waals surface area contributed by atoms with Crippen LogP contribution in [0.5, 0.6) is 5.75 Å². The number of anilines is 1. The first kappa shape index (κ1) is 26.2. The molecule has 0 spiro atoms. The standard InChI is InChI=1S/C22H21Cl2F3N4O2S/c1-4-31-20(13(3)33-15-6-8-16(23)12(2)9-15)29-30-21(31)34-11-19(32)28-18-10-14(22(25,26)27)5-7-17(18)24/h5-10,13H,4,11H2,1-3H3,(H,28,32). The van der Waals surface area contributed by atoms with E-state index in [9.17, 15) is 18.0 Å². The van der Waals surface area contributed by atoms with Gasteiger partial charge in [-0.2, -0.15) is 13.2 Å². The highest BCUT2D eigenvalue weighted by Crippen LogP contribution is 2.34. The third kappa shape index (κ3) is 6.37. The molecule has 1 atom stereocenters. The lowest BCUT2D eigenvalue weighted by molar-refractivity contribution is -0.137. The molecule has 0 saturated carbocycles. The van der Waals surface area contributed by atoms with Crippen molar-refractivity contribution in [3.05, 3.63) is 63.4 Å². The van der Waals surface area contributed by atoms with Gasteiger partial charge in [0.25, 0.3) is 0 Å². The van der Waals surface area contributed by atoms with Gasteiger partial charge in [-0.05, 0) is 62.7 Å². The number of aryl methyl sites for hydroxylation is 1. The van der Waals surface area contributed by atoms with E-state index in [1.165, 1.54) is 0 Å². The molecule has 3 rings (SSSR count). The van der Waals surface area contributed by atoms with E-state index < -0.39 is 23.8 Å². The van der Waals surface area contributed by atoms with Crippen molar-refractivity contribution in [2.45, 2.75) is 44.8 Å². The number of carbonyl (C=O) groups excluding carboxylic acids is 1. The maximum Gasteiger partial charge on any atom is 0.416 e. The summed E-state index contributed by atoms with van der Waals surface area (Å²) < 4.78 is 46.6. The highest BCUT2D eigenvalue weighted by Gasteiger charge is 2.31. The number of aromatic nitrogens is 3. The quantitative estimate of drug-likeness (QED) is 0.323. The fraction of sp³-hybridized carbons (Fsp3) is 0.318. The predicted molar refractivity (Wildman–Crippen MR) is 127 cm³/mol. The van der Waals surface area contributed by atoms with Crippen molar-refractivity contribution >= 4 is 46.6 Å². The van der Waals surface area contributed by atoms with Crippen molar-refractivity contribution in [1.29, 1.82) is 0 Å². The molecule has 1 amide bonds. The summed E-state index contributed by atoms with van der Waals surface area (Å²) in [7, 11) is 0. The molecule has 0 aliphatic rings. The summed E-state index contributed by atoms with van der Waals surface area (Å²) in [6, 6.07) is 8.08. The van der Waals surface area contributed by atoms with Gasteiger partial charge in [-0.25, -0.2) is 0 Å². The molecule has 12 heteroatoms. The topological polar surface area (TPSA) is 69.0 Å². The minimum atomic E-state index is -4.55. The average Bonchev–Trinajstić information content (AvgIpc) is 3.18. The summed E-state index contributed by atoms with van der Waals surface area (Å²) in [4.78, 5) is 12.4. The molecule has 0 saturated heterocycles.